The number of carboxylic acid groups (broad SMARTS) is 1. The van der Waals surface area contributed by atoms with Gasteiger partial charge in [-0.25, -0.2) is 4.79 Å². The van der Waals surface area contributed by atoms with Crippen molar-refractivity contribution in [3.05, 3.63) is 12.7 Å². The summed E-state index contributed by atoms with van der Waals surface area (Å²) in [4.78, 5) is 34.7. The summed E-state index contributed by atoms with van der Waals surface area (Å²) in [5.41, 5.74) is 0. The van der Waals surface area contributed by atoms with Crippen molar-refractivity contribution >= 4 is 18.0 Å². The van der Waals surface area contributed by atoms with E-state index in [-0.39, 0.29) is 6.61 Å². The fraction of sp³-hybridized carbons (Fsp3) is 0.545. The summed E-state index contributed by atoms with van der Waals surface area (Å²) in [6.45, 7) is 3.93. The van der Waals surface area contributed by atoms with Crippen LogP contribution in [-0.4, -0.2) is 47.3 Å². The summed E-state index contributed by atoms with van der Waals surface area (Å²) in [5, 5.41) is 11.1. The normalized spacial score (nSPS) is 18.2. The second kappa shape index (κ2) is 6.63. The molecular formula is C11H16N2O5. The molecule has 1 aliphatic rings. The molecule has 100 valence electrons. The maximum atomic E-state index is 11.6. The van der Waals surface area contributed by atoms with Gasteiger partial charge in [0.05, 0.1) is 0 Å². The number of aliphatic carboxylic acids is 1. The summed E-state index contributed by atoms with van der Waals surface area (Å²) < 4.78 is 4.74. The Morgan fingerprint density at radius 3 is 2.83 bits per heavy atom. The van der Waals surface area contributed by atoms with Gasteiger partial charge >= 0.3 is 12.1 Å². The quantitative estimate of drug-likeness (QED) is 0.545. The number of likely N-dealkylation sites (tertiary alicyclic amines) is 1. The van der Waals surface area contributed by atoms with Gasteiger partial charge in [0.15, 0.2) is 0 Å². The molecule has 2 amide bonds. The van der Waals surface area contributed by atoms with Crippen LogP contribution < -0.4 is 5.32 Å². The average molecular weight is 256 g/mol. The number of carbonyl (C=O) groups is 3. The third kappa shape index (κ3) is 4.08. The molecule has 2 N–H and O–H groups in total. The van der Waals surface area contributed by atoms with E-state index in [0.717, 1.165) is 6.42 Å². The summed E-state index contributed by atoms with van der Waals surface area (Å²) in [6.07, 6.45) is 1.04. The molecule has 1 fully saturated rings. The Morgan fingerprint density at radius 2 is 2.22 bits per heavy atom. The molecule has 1 rings (SSSR count). The van der Waals surface area contributed by atoms with E-state index in [4.69, 9.17) is 9.84 Å². The van der Waals surface area contributed by atoms with E-state index in [9.17, 15) is 14.4 Å². The van der Waals surface area contributed by atoms with Gasteiger partial charge in [-0.15, -0.1) is 0 Å². The first-order valence-corrected chi connectivity index (χ1v) is 5.60. The Labute approximate surface area is 104 Å². The highest BCUT2D eigenvalue weighted by atomic mass is 16.5. The van der Waals surface area contributed by atoms with E-state index >= 15 is 0 Å². The van der Waals surface area contributed by atoms with Gasteiger partial charge in [-0.3, -0.25) is 9.59 Å². The minimum atomic E-state index is -1.18. The lowest BCUT2D eigenvalue weighted by atomic mass is 10.3. The maximum Gasteiger partial charge on any atom is 0.409 e. The predicted molar refractivity (Wildman–Crippen MR) is 61.7 cm³/mol. The van der Waals surface area contributed by atoms with Gasteiger partial charge in [-0.05, 0) is 12.8 Å². The molecular weight excluding hydrogens is 240 g/mol. The standard InChI is InChI=1S/C11H16N2O5/c1-2-6-18-11(17)12-8-4-3-5-13(8)9(14)7-10(15)16/h2,8H,1,3-7H2,(H,12,17)(H,15,16)/t8-/m0/s1. The fourth-order valence-electron chi connectivity index (χ4n) is 1.76. The van der Waals surface area contributed by atoms with Crippen LogP contribution in [0.25, 0.3) is 0 Å². The highest BCUT2D eigenvalue weighted by molar-refractivity contribution is 5.93. The van der Waals surface area contributed by atoms with E-state index in [0.29, 0.717) is 13.0 Å². The number of carbonyl (C=O) groups excluding carboxylic acids is 2. The molecule has 1 saturated heterocycles. The van der Waals surface area contributed by atoms with Crippen LogP contribution in [0.3, 0.4) is 0 Å². The molecule has 0 spiro atoms. The number of nitrogens with zero attached hydrogens (tertiary/aromatic N) is 1. The number of hydrogen-bond acceptors (Lipinski definition) is 4. The summed E-state index contributed by atoms with van der Waals surface area (Å²) in [6, 6.07) is 0. The monoisotopic (exact) mass is 256 g/mol. The number of amides is 2. The number of rotatable bonds is 5. The van der Waals surface area contributed by atoms with Crippen LogP contribution in [0, 0.1) is 0 Å². The van der Waals surface area contributed by atoms with E-state index in [1.165, 1.54) is 11.0 Å². The predicted octanol–water partition coefficient (Wildman–Crippen LogP) is 0.322. The zero-order valence-corrected chi connectivity index (χ0v) is 9.92. The first kappa shape index (κ1) is 14.0. The largest absolute Gasteiger partial charge is 0.481 e. The molecule has 1 heterocycles. The van der Waals surface area contributed by atoms with Crippen molar-refractivity contribution < 1.29 is 24.2 Å². The number of nitrogens with one attached hydrogen (secondary N) is 1. The van der Waals surface area contributed by atoms with Crippen LogP contribution in [-0.2, 0) is 14.3 Å². The van der Waals surface area contributed by atoms with Gasteiger partial charge in [0.25, 0.3) is 0 Å². The lowest BCUT2D eigenvalue weighted by molar-refractivity contribution is -0.144. The molecule has 18 heavy (non-hydrogen) atoms. The molecule has 1 atom stereocenters. The first-order valence-electron chi connectivity index (χ1n) is 5.60. The van der Waals surface area contributed by atoms with Crippen molar-refractivity contribution in [2.24, 2.45) is 0 Å². The van der Waals surface area contributed by atoms with Gasteiger partial charge in [-0.1, -0.05) is 12.7 Å². The van der Waals surface area contributed by atoms with E-state index in [1.807, 2.05) is 0 Å². The molecule has 1 aliphatic heterocycles. The van der Waals surface area contributed by atoms with Gasteiger partial charge in [0, 0.05) is 6.54 Å². The smallest absolute Gasteiger partial charge is 0.409 e. The molecule has 0 aromatic heterocycles. The van der Waals surface area contributed by atoms with E-state index < -0.39 is 30.6 Å². The zero-order valence-electron chi connectivity index (χ0n) is 9.92. The average Bonchev–Trinajstić information content (AvgIpc) is 2.73. The SMILES string of the molecule is C=CCOC(=O)N[C@@H]1CCCN1C(=O)CC(=O)O. The molecule has 7 heteroatoms. The van der Waals surface area contributed by atoms with Gasteiger partial charge in [0.1, 0.15) is 19.2 Å². The zero-order chi connectivity index (χ0) is 13.5. The Bertz CT molecular complexity index is 355. The minimum absolute atomic E-state index is 0.0849. The lowest BCUT2D eigenvalue weighted by Gasteiger charge is -2.24. The van der Waals surface area contributed by atoms with E-state index in [1.54, 1.807) is 0 Å². The fourth-order valence-corrected chi connectivity index (χ4v) is 1.76. The van der Waals surface area contributed by atoms with Crippen molar-refractivity contribution in [1.82, 2.24) is 10.2 Å². The molecule has 0 saturated carbocycles. The van der Waals surface area contributed by atoms with Gasteiger partial charge < -0.3 is 20.1 Å². The lowest BCUT2D eigenvalue weighted by Crippen LogP contribution is -2.47. The van der Waals surface area contributed by atoms with Crippen LogP contribution in [0.15, 0.2) is 12.7 Å². The summed E-state index contributed by atoms with van der Waals surface area (Å²) in [5.74, 6) is -1.69. The van der Waals surface area contributed by atoms with Gasteiger partial charge in [0.2, 0.25) is 5.91 Å². The van der Waals surface area contributed by atoms with Crippen molar-refractivity contribution in [3.8, 4) is 0 Å². The van der Waals surface area contributed by atoms with Crippen LogP contribution >= 0.6 is 0 Å². The second-order valence-electron chi connectivity index (χ2n) is 3.85. The van der Waals surface area contributed by atoms with Crippen molar-refractivity contribution in [3.63, 3.8) is 0 Å². The minimum Gasteiger partial charge on any atom is -0.481 e. The number of hydrogen-bond donors (Lipinski definition) is 2. The molecule has 7 nitrogen and oxygen atoms in total. The molecule has 0 aliphatic carbocycles. The third-order valence-electron chi connectivity index (χ3n) is 2.49. The number of ether oxygens (including phenoxy) is 1. The van der Waals surface area contributed by atoms with Crippen LogP contribution in [0.1, 0.15) is 19.3 Å². The van der Waals surface area contributed by atoms with Crippen molar-refractivity contribution in [1.29, 1.82) is 0 Å². The highest BCUT2D eigenvalue weighted by Gasteiger charge is 2.30. The van der Waals surface area contributed by atoms with Crippen molar-refractivity contribution in [2.45, 2.75) is 25.4 Å². The van der Waals surface area contributed by atoms with Crippen LogP contribution in [0.2, 0.25) is 0 Å². The molecule has 0 aromatic rings. The molecule has 0 radical (unpaired) electrons. The Morgan fingerprint density at radius 1 is 1.50 bits per heavy atom. The highest BCUT2D eigenvalue weighted by Crippen LogP contribution is 2.16. The second-order valence-corrected chi connectivity index (χ2v) is 3.85. The third-order valence-corrected chi connectivity index (χ3v) is 2.49. The number of alkyl carbamates (subject to hydrolysis) is 1. The van der Waals surface area contributed by atoms with Crippen LogP contribution in [0.4, 0.5) is 4.79 Å². The molecule has 0 aromatic carbocycles. The first-order chi connectivity index (χ1) is 8.54. The molecule has 0 bridgehead atoms. The van der Waals surface area contributed by atoms with Gasteiger partial charge in [-0.2, -0.15) is 0 Å². The summed E-state index contributed by atoms with van der Waals surface area (Å²) >= 11 is 0. The Kier molecular flexibility index (Phi) is 5.16. The van der Waals surface area contributed by atoms with Crippen LogP contribution in [0.5, 0.6) is 0 Å². The topological polar surface area (TPSA) is 95.9 Å². The maximum absolute atomic E-state index is 11.6. The van der Waals surface area contributed by atoms with E-state index in [2.05, 4.69) is 11.9 Å². The Balaban J connectivity index is 2.48. The molecule has 0 unspecified atom stereocenters. The number of carboxylic acids is 1. The Hall–Kier alpha value is -2.05. The summed E-state index contributed by atoms with van der Waals surface area (Å²) in [7, 11) is 0. The van der Waals surface area contributed by atoms with Crippen molar-refractivity contribution in [2.75, 3.05) is 13.2 Å².